The van der Waals surface area contributed by atoms with Crippen LogP contribution in [0.4, 0.5) is 11.4 Å². The fourth-order valence-corrected chi connectivity index (χ4v) is 1.81. The number of hydrogen-bond donors (Lipinski definition) is 0. The predicted octanol–water partition coefficient (Wildman–Crippen LogP) is 2.07. The average Bonchev–Trinajstić information content (AvgIpc) is 2.52. The lowest BCUT2D eigenvalue weighted by Crippen LogP contribution is -2.31. The molecule has 0 radical (unpaired) electrons. The zero-order valence-electron chi connectivity index (χ0n) is 9.21. The Hall–Kier alpha value is -2.21. The quantitative estimate of drug-likeness (QED) is 0.466. The van der Waals surface area contributed by atoms with Crippen LogP contribution >= 0.6 is 11.6 Å². The van der Waals surface area contributed by atoms with Gasteiger partial charge >= 0.3 is 0 Å². The number of rotatable bonds is 2. The van der Waals surface area contributed by atoms with Crippen molar-refractivity contribution in [3.8, 4) is 0 Å². The fourth-order valence-electron chi connectivity index (χ4n) is 1.65. The van der Waals surface area contributed by atoms with Crippen molar-refractivity contribution < 1.29 is 14.5 Å². The summed E-state index contributed by atoms with van der Waals surface area (Å²) in [4.78, 5) is 34.4. The fraction of sp³-hybridized carbons (Fsp3) is 0.0909. The van der Waals surface area contributed by atoms with Gasteiger partial charge in [0.1, 0.15) is 5.69 Å². The molecule has 92 valence electrons. The number of nitro benzene ring substituents is 1. The Morgan fingerprint density at radius 3 is 2.50 bits per heavy atom. The Balaban J connectivity index is 2.58. The van der Waals surface area contributed by atoms with E-state index in [2.05, 4.69) is 0 Å². The molecule has 0 aliphatic carbocycles. The monoisotopic (exact) mass is 266 g/mol. The summed E-state index contributed by atoms with van der Waals surface area (Å²) >= 11 is 5.74. The molecule has 0 unspecified atom stereocenters. The van der Waals surface area contributed by atoms with Gasteiger partial charge in [-0.15, -0.1) is 0 Å². The van der Waals surface area contributed by atoms with E-state index in [1.807, 2.05) is 0 Å². The molecule has 2 amide bonds. The average molecular weight is 267 g/mol. The van der Waals surface area contributed by atoms with Gasteiger partial charge < -0.3 is 0 Å². The predicted molar refractivity (Wildman–Crippen MR) is 64.4 cm³/mol. The molecule has 0 fully saturated rings. The number of anilines is 1. The van der Waals surface area contributed by atoms with Gasteiger partial charge in [0.25, 0.3) is 17.5 Å². The van der Waals surface area contributed by atoms with Gasteiger partial charge in [0.05, 0.1) is 4.92 Å². The summed E-state index contributed by atoms with van der Waals surface area (Å²) in [7, 11) is 0. The maximum atomic E-state index is 11.8. The Labute approximate surface area is 107 Å². The van der Waals surface area contributed by atoms with Crippen molar-refractivity contribution in [2.75, 3.05) is 4.90 Å². The molecule has 0 aromatic heterocycles. The normalized spacial score (nSPS) is 15.0. The molecule has 7 heteroatoms. The van der Waals surface area contributed by atoms with Crippen LogP contribution in [-0.4, -0.2) is 16.7 Å². The van der Waals surface area contributed by atoms with Gasteiger partial charge in [-0.2, -0.15) is 0 Å². The van der Waals surface area contributed by atoms with Crippen LogP contribution < -0.4 is 4.90 Å². The minimum absolute atomic E-state index is 0.115. The van der Waals surface area contributed by atoms with Gasteiger partial charge in [0, 0.05) is 22.7 Å². The molecule has 18 heavy (non-hydrogen) atoms. The first-order valence-electron chi connectivity index (χ1n) is 4.92. The Morgan fingerprint density at radius 1 is 1.33 bits per heavy atom. The van der Waals surface area contributed by atoms with Crippen LogP contribution in [0, 0.1) is 10.1 Å². The van der Waals surface area contributed by atoms with Crippen molar-refractivity contribution in [3.05, 3.63) is 45.0 Å². The van der Waals surface area contributed by atoms with Gasteiger partial charge in [-0.3, -0.25) is 19.7 Å². The standard InChI is InChI=1S/C11H7ClN2O4/c1-6-4-10(15)13(11(6)16)9-5-7(12)2-3-8(9)14(17)18/h2-5H,1H3. The number of hydrogen-bond acceptors (Lipinski definition) is 4. The molecule has 0 bridgehead atoms. The highest BCUT2D eigenvalue weighted by atomic mass is 35.5. The molecule has 0 atom stereocenters. The minimum atomic E-state index is -0.667. The molecule has 1 aromatic carbocycles. The summed E-state index contributed by atoms with van der Waals surface area (Å²) in [6, 6.07) is 3.71. The maximum Gasteiger partial charge on any atom is 0.293 e. The number of benzene rings is 1. The SMILES string of the molecule is CC1=CC(=O)N(c2cc(Cl)ccc2[N+](=O)[O-])C1=O. The Morgan fingerprint density at radius 2 is 2.00 bits per heavy atom. The molecule has 1 aliphatic rings. The maximum absolute atomic E-state index is 11.8. The summed E-state index contributed by atoms with van der Waals surface area (Å²) in [5.74, 6) is -1.19. The van der Waals surface area contributed by atoms with Gasteiger partial charge in [0.15, 0.2) is 0 Å². The molecule has 2 rings (SSSR count). The summed E-state index contributed by atoms with van der Waals surface area (Å²) in [6.45, 7) is 1.47. The lowest BCUT2D eigenvalue weighted by Gasteiger charge is -2.14. The van der Waals surface area contributed by atoms with E-state index >= 15 is 0 Å². The van der Waals surface area contributed by atoms with Crippen LogP contribution in [0.15, 0.2) is 29.8 Å². The number of imide groups is 1. The molecule has 0 spiro atoms. The highest BCUT2D eigenvalue weighted by Gasteiger charge is 2.34. The topological polar surface area (TPSA) is 80.5 Å². The van der Waals surface area contributed by atoms with E-state index in [9.17, 15) is 19.7 Å². The number of carbonyl (C=O) groups excluding carboxylic acids is 2. The van der Waals surface area contributed by atoms with Crippen LogP contribution in [0.25, 0.3) is 0 Å². The van der Waals surface area contributed by atoms with Gasteiger partial charge in [-0.25, -0.2) is 4.90 Å². The van der Waals surface area contributed by atoms with E-state index in [0.29, 0.717) is 0 Å². The van der Waals surface area contributed by atoms with Gasteiger partial charge in [-0.1, -0.05) is 11.6 Å². The molecule has 6 nitrogen and oxygen atoms in total. The third-order valence-corrected chi connectivity index (χ3v) is 2.71. The van der Waals surface area contributed by atoms with Gasteiger partial charge in [-0.05, 0) is 19.1 Å². The van der Waals surface area contributed by atoms with Gasteiger partial charge in [0.2, 0.25) is 0 Å². The van der Waals surface area contributed by atoms with E-state index in [-0.39, 0.29) is 22.0 Å². The zero-order valence-corrected chi connectivity index (χ0v) is 9.97. The Kier molecular flexibility index (Phi) is 2.88. The molecule has 1 aliphatic heterocycles. The molecule has 0 N–H and O–H groups in total. The molecular formula is C11H7ClN2O4. The van der Waals surface area contributed by atoms with Crippen molar-refractivity contribution in [1.82, 2.24) is 0 Å². The molecule has 1 heterocycles. The number of carbonyl (C=O) groups is 2. The smallest absolute Gasteiger partial charge is 0.269 e. The van der Waals surface area contributed by atoms with Crippen molar-refractivity contribution in [1.29, 1.82) is 0 Å². The third-order valence-electron chi connectivity index (χ3n) is 2.48. The van der Waals surface area contributed by atoms with Crippen molar-refractivity contribution in [2.24, 2.45) is 0 Å². The number of nitrogens with zero attached hydrogens (tertiary/aromatic N) is 2. The van der Waals surface area contributed by atoms with Crippen LogP contribution in [0.1, 0.15) is 6.92 Å². The molecular weight excluding hydrogens is 260 g/mol. The second-order valence-corrected chi connectivity index (χ2v) is 4.13. The number of nitro groups is 1. The second kappa shape index (κ2) is 4.23. The largest absolute Gasteiger partial charge is 0.293 e. The number of halogens is 1. The van der Waals surface area contributed by atoms with E-state index in [0.717, 1.165) is 17.0 Å². The lowest BCUT2D eigenvalue weighted by atomic mass is 10.2. The Bertz CT molecular complexity index is 609. The summed E-state index contributed by atoms with van der Waals surface area (Å²) < 4.78 is 0. The van der Waals surface area contributed by atoms with Crippen molar-refractivity contribution in [2.45, 2.75) is 6.92 Å². The highest BCUT2D eigenvalue weighted by Crippen LogP contribution is 2.33. The van der Waals surface area contributed by atoms with E-state index in [1.54, 1.807) is 0 Å². The number of amides is 2. The molecule has 0 saturated carbocycles. The van der Waals surface area contributed by atoms with Crippen LogP contribution in [0.5, 0.6) is 0 Å². The zero-order chi connectivity index (χ0) is 13.4. The van der Waals surface area contributed by atoms with E-state index in [1.165, 1.54) is 19.1 Å². The second-order valence-electron chi connectivity index (χ2n) is 3.70. The lowest BCUT2D eigenvalue weighted by molar-refractivity contribution is -0.384. The van der Waals surface area contributed by atoms with Crippen LogP contribution in [0.3, 0.4) is 0 Å². The highest BCUT2D eigenvalue weighted by molar-refractivity contribution is 6.33. The van der Waals surface area contributed by atoms with Crippen molar-refractivity contribution in [3.63, 3.8) is 0 Å². The van der Waals surface area contributed by atoms with E-state index in [4.69, 9.17) is 11.6 Å². The first kappa shape index (κ1) is 12.3. The third kappa shape index (κ3) is 1.86. The summed E-state index contributed by atoms with van der Waals surface area (Å²) in [6.07, 6.45) is 1.13. The summed E-state index contributed by atoms with van der Waals surface area (Å²) in [5, 5.41) is 11.1. The first-order chi connectivity index (χ1) is 8.41. The van der Waals surface area contributed by atoms with E-state index < -0.39 is 16.7 Å². The van der Waals surface area contributed by atoms with Crippen LogP contribution in [-0.2, 0) is 9.59 Å². The molecule has 1 aromatic rings. The molecule has 0 saturated heterocycles. The van der Waals surface area contributed by atoms with Crippen molar-refractivity contribution >= 4 is 34.8 Å². The summed E-state index contributed by atoms with van der Waals surface area (Å²) in [5.41, 5.74) is -0.228. The first-order valence-corrected chi connectivity index (χ1v) is 5.30. The van der Waals surface area contributed by atoms with Crippen LogP contribution in [0.2, 0.25) is 5.02 Å². The minimum Gasteiger partial charge on any atom is -0.269 e.